The Labute approximate surface area is 241 Å². The Hall–Kier alpha value is -1.43. The molecule has 3 atom stereocenters. The molecule has 5 nitrogen and oxygen atoms in total. The van der Waals surface area contributed by atoms with E-state index in [9.17, 15) is 20.1 Å². The van der Waals surface area contributed by atoms with E-state index in [0.717, 1.165) is 38.5 Å². The molecule has 0 aromatic heterocycles. The molecular weight excluding hydrogens is 486 g/mol. The van der Waals surface area contributed by atoms with E-state index in [1.54, 1.807) is 6.08 Å². The number of nitrogens with one attached hydrogen (secondary N) is 1. The summed E-state index contributed by atoms with van der Waals surface area (Å²) in [4.78, 5) is 12.3. The van der Waals surface area contributed by atoms with Gasteiger partial charge in [-0.05, 0) is 44.9 Å². The summed E-state index contributed by atoms with van der Waals surface area (Å²) in [5.74, 6) is -0.334. The highest BCUT2D eigenvalue weighted by Crippen LogP contribution is 2.13. The van der Waals surface area contributed by atoms with Gasteiger partial charge in [-0.3, -0.25) is 4.79 Å². The number of rotatable bonds is 28. The second-order valence-electron chi connectivity index (χ2n) is 11.1. The average molecular weight is 550 g/mol. The molecule has 0 spiro atoms. The summed E-state index contributed by atoms with van der Waals surface area (Å²) in [5.41, 5.74) is 0. The zero-order valence-corrected chi connectivity index (χ0v) is 25.5. The van der Waals surface area contributed by atoms with Gasteiger partial charge in [-0.25, -0.2) is 0 Å². The Morgan fingerprint density at radius 2 is 1.10 bits per heavy atom. The lowest BCUT2D eigenvalue weighted by molar-refractivity contribution is -0.124. The number of carbonyl (C=O) groups excluding carboxylic acids is 1. The molecule has 39 heavy (non-hydrogen) atoms. The van der Waals surface area contributed by atoms with E-state index in [-0.39, 0.29) is 18.9 Å². The molecule has 1 amide bonds. The number of allylic oxidation sites excluding steroid dienone is 5. The van der Waals surface area contributed by atoms with E-state index in [1.165, 1.54) is 83.5 Å². The first-order valence-electron chi connectivity index (χ1n) is 16.3. The number of hydrogen-bond acceptors (Lipinski definition) is 4. The average Bonchev–Trinajstić information content (AvgIpc) is 2.92. The topological polar surface area (TPSA) is 89.8 Å². The van der Waals surface area contributed by atoms with Crippen LogP contribution in [-0.4, -0.2) is 46.1 Å². The van der Waals surface area contributed by atoms with Crippen molar-refractivity contribution in [2.24, 2.45) is 0 Å². The van der Waals surface area contributed by atoms with Gasteiger partial charge in [0, 0.05) is 0 Å². The van der Waals surface area contributed by atoms with Crippen LogP contribution in [0.2, 0.25) is 0 Å². The van der Waals surface area contributed by atoms with Crippen LogP contribution < -0.4 is 5.32 Å². The number of hydrogen-bond donors (Lipinski definition) is 4. The molecule has 0 aliphatic rings. The quantitative estimate of drug-likeness (QED) is 0.0586. The second-order valence-corrected chi connectivity index (χ2v) is 11.1. The summed E-state index contributed by atoms with van der Waals surface area (Å²) in [5, 5.41) is 32.8. The normalized spacial score (nSPS) is 14.5. The smallest absolute Gasteiger partial charge is 0.222 e. The van der Waals surface area contributed by atoms with Crippen LogP contribution in [0, 0.1) is 0 Å². The van der Waals surface area contributed by atoms with E-state index in [0.29, 0.717) is 6.42 Å². The summed E-state index contributed by atoms with van der Waals surface area (Å²) in [7, 11) is 0. The summed E-state index contributed by atoms with van der Waals surface area (Å²) in [6.45, 7) is 4.12. The number of aliphatic hydroxyl groups excluding tert-OH is 3. The third-order valence-electron chi connectivity index (χ3n) is 7.16. The molecule has 0 saturated heterocycles. The van der Waals surface area contributed by atoms with Crippen LogP contribution in [0.1, 0.15) is 149 Å². The Kier molecular flexibility index (Phi) is 28.5. The maximum absolute atomic E-state index is 12.3. The molecule has 0 aromatic rings. The van der Waals surface area contributed by atoms with Gasteiger partial charge in [0.1, 0.15) is 0 Å². The molecule has 0 fully saturated rings. The van der Waals surface area contributed by atoms with E-state index >= 15 is 0 Å². The molecule has 5 heteroatoms. The molecule has 0 aliphatic heterocycles. The summed E-state index contributed by atoms with van der Waals surface area (Å²) in [6, 6.07) is -0.762. The van der Waals surface area contributed by atoms with Crippen LogP contribution in [0.5, 0.6) is 0 Å². The van der Waals surface area contributed by atoms with Crippen LogP contribution in [0.4, 0.5) is 0 Å². The first-order chi connectivity index (χ1) is 19.0. The number of carbonyl (C=O) groups is 1. The SMILES string of the molecule is CCCCC/C=C/CC/C=C/CC/C=C/C(O)C(CO)NC(=O)CC(O)CCCCCCCCCCCCC. The third-order valence-corrected chi connectivity index (χ3v) is 7.16. The lowest BCUT2D eigenvalue weighted by Crippen LogP contribution is -2.45. The molecule has 0 radical (unpaired) electrons. The van der Waals surface area contributed by atoms with Crippen molar-refractivity contribution < 1.29 is 20.1 Å². The molecule has 3 unspecified atom stereocenters. The van der Waals surface area contributed by atoms with Crippen molar-refractivity contribution in [1.29, 1.82) is 0 Å². The van der Waals surface area contributed by atoms with Crippen molar-refractivity contribution >= 4 is 5.91 Å². The molecular formula is C34H63NO4. The fourth-order valence-electron chi connectivity index (χ4n) is 4.60. The lowest BCUT2D eigenvalue weighted by atomic mass is 10.0. The molecule has 0 aromatic carbocycles. The van der Waals surface area contributed by atoms with Gasteiger partial charge in [0.15, 0.2) is 0 Å². The summed E-state index contributed by atoms with van der Waals surface area (Å²) in [6.07, 6.45) is 34.0. The van der Waals surface area contributed by atoms with Crippen LogP contribution in [0.15, 0.2) is 36.5 Å². The number of unbranched alkanes of at least 4 members (excludes halogenated alkanes) is 15. The lowest BCUT2D eigenvalue weighted by Gasteiger charge is -2.21. The standard InChI is InChI=1S/C34H63NO4/c1-3-5-7-9-11-13-15-16-18-20-22-24-26-28-33(38)32(30-36)35-34(39)29-31(37)27-25-23-21-19-17-14-12-10-8-6-4-2/h11,13,18,20,26,28,31-33,36-38H,3-10,12,14-17,19,21-25,27,29-30H2,1-2H3,(H,35,39)/b13-11+,20-18+,28-26+. The Bertz CT molecular complexity index is 616. The van der Waals surface area contributed by atoms with Crippen LogP contribution in [-0.2, 0) is 4.79 Å². The van der Waals surface area contributed by atoms with Crippen molar-refractivity contribution in [2.75, 3.05) is 6.61 Å². The maximum Gasteiger partial charge on any atom is 0.222 e. The van der Waals surface area contributed by atoms with Crippen molar-refractivity contribution in [3.8, 4) is 0 Å². The first-order valence-corrected chi connectivity index (χ1v) is 16.3. The van der Waals surface area contributed by atoms with E-state index in [2.05, 4.69) is 43.5 Å². The second kappa shape index (κ2) is 29.6. The van der Waals surface area contributed by atoms with Gasteiger partial charge in [-0.1, -0.05) is 134 Å². The predicted molar refractivity (Wildman–Crippen MR) is 167 cm³/mol. The van der Waals surface area contributed by atoms with Crippen molar-refractivity contribution in [1.82, 2.24) is 5.32 Å². The highest BCUT2D eigenvalue weighted by Gasteiger charge is 2.20. The van der Waals surface area contributed by atoms with Gasteiger partial charge in [-0.15, -0.1) is 0 Å². The van der Waals surface area contributed by atoms with E-state index < -0.39 is 18.2 Å². The molecule has 0 rings (SSSR count). The fraction of sp³-hybridized carbons (Fsp3) is 0.794. The first kappa shape index (κ1) is 37.6. The minimum Gasteiger partial charge on any atom is -0.394 e. The zero-order valence-electron chi connectivity index (χ0n) is 25.5. The zero-order chi connectivity index (χ0) is 28.8. The van der Waals surface area contributed by atoms with Gasteiger partial charge in [0.2, 0.25) is 5.91 Å². The van der Waals surface area contributed by atoms with Crippen LogP contribution >= 0.6 is 0 Å². The predicted octanol–water partition coefficient (Wildman–Crippen LogP) is 8.09. The fourth-order valence-corrected chi connectivity index (χ4v) is 4.60. The molecule has 0 heterocycles. The highest BCUT2D eigenvalue weighted by atomic mass is 16.3. The van der Waals surface area contributed by atoms with Gasteiger partial charge in [0.25, 0.3) is 0 Å². The number of aliphatic hydroxyl groups is 3. The van der Waals surface area contributed by atoms with Gasteiger partial charge in [-0.2, -0.15) is 0 Å². The molecule has 0 bridgehead atoms. The van der Waals surface area contributed by atoms with Gasteiger partial charge in [0.05, 0.1) is 31.3 Å². The Balaban J connectivity index is 3.88. The minimum absolute atomic E-state index is 0.00339. The van der Waals surface area contributed by atoms with Crippen LogP contribution in [0.3, 0.4) is 0 Å². The molecule has 0 aliphatic carbocycles. The van der Waals surface area contributed by atoms with Gasteiger partial charge >= 0.3 is 0 Å². The number of amides is 1. The third kappa shape index (κ3) is 26.6. The van der Waals surface area contributed by atoms with E-state index in [1.807, 2.05) is 6.08 Å². The molecule has 228 valence electrons. The monoisotopic (exact) mass is 549 g/mol. The summed E-state index contributed by atoms with van der Waals surface area (Å²) >= 11 is 0. The highest BCUT2D eigenvalue weighted by molar-refractivity contribution is 5.76. The molecule has 4 N–H and O–H groups in total. The van der Waals surface area contributed by atoms with Gasteiger partial charge < -0.3 is 20.6 Å². The van der Waals surface area contributed by atoms with Crippen molar-refractivity contribution in [3.63, 3.8) is 0 Å². The largest absolute Gasteiger partial charge is 0.394 e. The Morgan fingerprint density at radius 3 is 1.64 bits per heavy atom. The van der Waals surface area contributed by atoms with Crippen molar-refractivity contribution in [3.05, 3.63) is 36.5 Å². The minimum atomic E-state index is -0.954. The van der Waals surface area contributed by atoms with Crippen molar-refractivity contribution in [2.45, 2.75) is 167 Å². The van der Waals surface area contributed by atoms with E-state index in [4.69, 9.17) is 0 Å². The Morgan fingerprint density at radius 1 is 0.641 bits per heavy atom. The molecule has 0 saturated carbocycles. The maximum atomic E-state index is 12.3. The summed E-state index contributed by atoms with van der Waals surface area (Å²) < 4.78 is 0. The van der Waals surface area contributed by atoms with Crippen LogP contribution in [0.25, 0.3) is 0 Å².